The lowest BCUT2D eigenvalue weighted by Gasteiger charge is -2.25. The number of anilines is 1. The third-order valence-corrected chi connectivity index (χ3v) is 6.91. The monoisotopic (exact) mass is 472 g/mol. The summed E-state index contributed by atoms with van der Waals surface area (Å²) in [5, 5.41) is 24.5. The lowest BCUT2D eigenvalue weighted by Crippen LogP contribution is -2.21. The molecule has 33 heavy (non-hydrogen) atoms. The van der Waals surface area contributed by atoms with E-state index in [4.69, 9.17) is 14.5 Å². The third kappa shape index (κ3) is 4.82. The van der Waals surface area contributed by atoms with Crippen LogP contribution in [0.2, 0.25) is 0 Å². The topological polar surface area (TPSA) is 137 Å². The smallest absolute Gasteiger partial charge is 0.326 e. The van der Waals surface area contributed by atoms with Crippen LogP contribution in [0.15, 0.2) is 24.3 Å². The van der Waals surface area contributed by atoms with Crippen LogP contribution in [0.4, 0.5) is 10.8 Å². The minimum absolute atomic E-state index is 0.000187. The van der Waals surface area contributed by atoms with Crippen LogP contribution in [-0.4, -0.2) is 40.2 Å². The fourth-order valence-electron chi connectivity index (χ4n) is 4.11. The molecular formula is C22H24N4O6S. The molecule has 2 aromatic heterocycles. The molecule has 0 unspecified atom stereocenters. The Bertz CT molecular complexity index is 1190. The lowest BCUT2D eigenvalue weighted by molar-refractivity contribution is -0.380. The van der Waals surface area contributed by atoms with E-state index >= 15 is 0 Å². The first-order valence-electron chi connectivity index (χ1n) is 10.5. The second-order valence-corrected chi connectivity index (χ2v) is 8.93. The number of thiophene rings is 1. The van der Waals surface area contributed by atoms with Gasteiger partial charge in [-0.3, -0.25) is 14.9 Å². The summed E-state index contributed by atoms with van der Waals surface area (Å²) in [6, 6.07) is 7.06. The molecule has 0 saturated heterocycles. The normalized spacial score (nSPS) is 18.1. The standard InChI is InChI=1S/C22H24N4O6S/c1-31-16-8-3-12(9-17(16)32-2)11-23-20-15-10-18(26(29)30)33-21(15)25-19(24-20)13-4-6-14(7-5-13)22(27)28/h3,8-10,13-14H,4-7,11H2,1-2H3,(H,27,28)(H,23,24,25). The van der Waals surface area contributed by atoms with Crippen molar-refractivity contribution in [2.24, 2.45) is 5.92 Å². The van der Waals surface area contributed by atoms with Crippen molar-refractivity contribution < 1.29 is 24.3 Å². The second-order valence-electron chi connectivity index (χ2n) is 7.92. The van der Waals surface area contributed by atoms with Gasteiger partial charge >= 0.3 is 11.0 Å². The van der Waals surface area contributed by atoms with Gasteiger partial charge in [0.15, 0.2) is 11.5 Å². The highest BCUT2D eigenvalue weighted by Crippen LogP contribution is 2.39. The molecule has 0 radical (unpaired) electrons. The molecule has 11 heteroatoms. The summed E-state index contributed by atoms with van der Waals surface area (Å²) in [6.07, 6.45) is 2.48. The number of aromatic nitrogens is 2. The largest absolute Gasteiger partial charge is 0.493 e. The Hall–Kier alpha value is -3.47. The van der Waals surface area contributed by atoms with Crippen LogP contribution >= 0.6 is 11.3 Å². The van der Waals surface area contributed by atoms with Gasteiger partial charge in [-0.15, -0.1) is 0 Å². The summed E-state index contributed by atoms with van der Waals surface area (Å²) in [5.41, 5.74) is 0.924. The fraction of sp³-hybridized carbons (Fsp3) is 0.409. The Labute approximate surface area is 193 Å². The zero-order chi connectivity index (χ0) is 23.5. The summed E-state index contributed by atoms with van der Waals surface area (Å²) in [7, 11) is 3.14. The van der Waals surface area contributed by atoms with Gasteiger partial charge in [-0.2, -0.15) is 0 Å². The number of hydrogen-bond acceptors (Lipinski definition) is 9. The molecule has 0 amide bonds. The molecule has 1 aliphatic rings. The molecule has 10 nitrogen and oxygen atoms in total. The highest BCUT2D eigenvalue weighted by atomic mass is 32.1. The maximum Gasteiger partial charge on any atom is 0.326 e. The fourth-order valence-corrected chi connectivity index (χ4v) is 4.96. The number of rotatable bonds is 8. The number of methoxy groups -OCH3 is 2. The number of benzene rings is 1. The first-order valence-corrected chi connectivity index (χ1v) is 11.3. The van der Waals surface area contributed by atoms with E-state index in [2.05, 4.69) is 10.3 Å². The highest BCUT2D eigenvalue weighted by Gasteiger charge is 2.29. The van der Waals surface area contributed by atoms with E-state index in [1.54, 1.807) is 14.2 Å². The Morgan fingerprint density at radius 2 is 1.91 bits per heavy atom. The Morgan fingerprint density at radius 1 is 1.18 bits per heavy atom. The number of carbonyl (C=O) groups is 1. The van der Waals surface area contributed by atoms with Gasteiger partial charge in [-0.1, -0.05) is 6.07 Å². The molecule has 1 aromatic carbocycles. The molecule has 2 heterocycles. The highest BCUT2D eigenvalue weighted by molar-refractivity contribution is 7.21. The summed E-state index contributed by atoms with van der Waals surface area (Å²) in [6.45, 7) is 0.418. The van der Waals surface area contributed by atoms with Crippen molar-refractivity contribution in [2.75, 3.05) is 19.5 Å². The average molecular weight is 473 g/mol. The Balaban J connectivity index is 1.63. The quantitative estimate of drug-likeness (QED) is 0.356. The maximum atomic E-state index is 11.3. The molecule has 4 rings (SSSR count). The zero-order valence-electron chi connectivity index (χ0n) is 18.2. The molecule has 1 aliphatic carbocycles. The van der Waals surface area contributed by atoms with Gasteiger partial charge in [0.25, 0.3) is 0 Å². The third-order valence-electron chi connectivity index (χ3n) is 5.93. The van der Waals surface area contributed by atoms with E-state index in [-0.39, 0.29) is 16.8 Å². The maximum absolute atomic E-state index is 11.3. The van der Waals surface area contributed by atoms with Crippen LogP contribution in [0.1, 0.15) is 43.0 Å². The van der Waals surface area contributed by atoms with Crippen LogP contribution < -0.4 is 14.8 Å². The summed E-state index contributed by atoms with van der Waals surface area (Å²) < 4.78 is 10.6. The first-order chi connectivity index (χ1) is 15.9. The Kier molecular flexibility index (Phi) is 6.59. The van der Waals surface area contributed by atoms with Crippen molar-refractivity contribution in [2.45, 2.75) is 38.1 Å². The summed E-state index contributed by atoms with van der Waals surface area (Å²) >= 11 is 1.01. The number of aliphatic carboxylic acids is 1. The van der Waals surface area contributed by atoms with Gasteiger partial charge in [0.2, 0.25) is 0 Å². The van der Waals surface area contributed by atoms with Crippen molar-refractivity contribution in [3.05, 3.63) is 45.8 Å². The Morgan fingerprint density at radius 3 is 2.55 bits per heavy atom. The summed E-state index contributed by atoms with van der Waals surface area (Å²) in [4.78, 5) is 32.1. The van der Waals surface area contributed by atoms with Crippen LogP contribution in [0.3, 0.4) is 0 Å². The molecule has 1 saturated carbocycles. The molecular weight excluding hydrogens is 448 g/mol. The number of fused-ring (bicyclic) bond motifs is 1. The molecule has 0 spiro atoms. The number of carboxylic acid groups (broad SMARTS) is 1. The number of nitro groups is 1. The van der Waals surface area contributed by atoms with Gasteiger partial charge in [0.05, 0.1) is 30.4 Å². The molecule has 2 N–H and O–H groups in total. The van der Waals surface area contributed by atoms with E-state index in [0.717, 1.165) is 16.9 Å². The first kappa shape index (κ1) is 22.7. The molecule has 3 aromatic rings. The molecule has 0 bridgehead atoms. The van der Waals surface area contributed by atoms with E-state index in [0.29, 0.717) is 65.6 Å². The van der Waals surface area contributed by atoms with E-state index < -0.39 is 10.9 Å². The molecule has 1 fully saturated rings. The SMILES string of the molecule is COc1ccc(CNc2nc(C3CCC(C(=O)O)CC3)nc3sc([N+](=O)[O-])cc23)cc1OC. The summed E-state index contributed by atoms with van der Waals surface area (Å²) in [5.74, 6) is 1.26. The van der Waals surface area contributed by atoms with Crippen LogP contribution in [-0.2, 0) is 11.3 Å². The van der Waals surface area contributed by atoms with E-state index in [1.165, 1.54) is 6.07 Å². The number of nitrogens with zero attached hydrogens (tertiary/aromatic N) is 3. The minimum Gasteiger partial charge on any atom is -0.493 e. The van der Waals surface area contributed by atoms with Gasteiger partial charge in [-0.25, -0.2) is 9.97 Å². The van der Waals surface area contributed by atoms with Crippen molar-refractivity contribution >= 4 is 38.3 Å². The van der Waals surface area contributed by atoms with Gasteiger partial charge in [0.1, 0.15) is 16.5 Å². The molecule has 0 aliphatic heterocycles. The number of nitrogens with one attached hydrogen (secondary N) is 1. The van der Waals surface area contributed by atoms with Crippen molar-refractivity contribution in [3.63, 3.8) is 0 Å². The van der Waals surface area contributed by atoms with E-state index in [9.17, 15) is 20.0 Å². The molecule has 0 atom stereocenters. The van der Waals surface area contributed by atoms with Crippen molar-refractivity contribution in [3.8, 4) is 11.5 Å². The van der Waals surface area contributed by atoms with Crippen LogP contribution in [0, 0.1) is 16.0 Å². The van der Waals surface area contributed by atoms with E-state index in [1.807, 2.05) is 18.2 Å². The second kappa shape index (κ2) is 9.57. The van der Waals surface area contributed by atoms with Crippen molar-refractivity contribution in [1.82, 2.24) is 9.97 Å². The zero-order valence-corrected chi connectivity index (χ0v) is 19.1. The number of carboxylic acids is 1. The number of hydrogen-bond donors (Lipinski definition) is 2. The lowest BCUT2D eigenvalue weighted by atomic mass is 9.81. The van der Waals surface area contributed by atoms with Gasteiger partial charge in [-0.05, 0) is 54.7 Å². The predicted molar refractivity (Wildman–Crippen MR) is 123 cm³/mol. The van der Waals surface area contributed by atoms with Crippen molar-refractivity contribution in [1.29, 1.82) is 0 Å². The van der Waals surface area contributed by atoms with Gasteiger partial charge in [0, 0.05) is 18.5 Å². The van der Waals surface area contributed by atoms with Gasteiger partial charge < -0.3 is 19.9 Å². The molecule has 174 valence electrons. The average Bonchev–Trinajstić information content (AvgIpc) is 3.27. The van der Waals surface area contributed by atoms with Crippen LogP contribution in [0.25, 0.3) is 10.2 Å². The predicted octanol–water partition coefficient (Wildman–Crippen LogP) is 4.59. The van der Waals surface area contributed by atoms with Crippen LogP contribution in [0.5, 0.6) is 11.5 Å². The number of ether oxygens (including phenoxy) is 2. The minimum atomic E-state index is -0.768.